The molecule has 0 radical (unpaired) electrons. The molecule has 3 aromatic rings. The molecule has 16 nitrogen and oxygen atoms in total. The van der Waals surface area contributed by atoms with Crippen LogP contribution < -0.4 is 9.64 Å². The van der Waals surface area contributed by atoms with Crippen LogP contribution in [0.25, 0.3) is 6.08 Å². The van der Waals surface area contributed by atoms with E-state index in [0.29, 0.717) is 41.9 Å². The summed E-state index contributed by atoms with van der Waals surface area (Å²) in [6.07, 6.45) is 0.686. The van der Waals surface area contributed by atoms with Crippen LogP contribution in [0.4, 0.5) is 5.69 Å². The average Bonchev–Trinajstić information content (AvgIpc) is 3.82. The van der Waals surface area contributed by atoms with Gasteiger partial charge in [-0.3, -0.25) is 19.7 Å². The second kappa shape index (κ2) is 15.9. The summed E-state index contributed by atoms with van der Waals surface area (Å²) < 4.78 is 10.8. The van der Waals surface area contributed by atoms with Gasteiger partial charge in [0.15, 0.2) is 17.6 Å². The molecule has 1 aliphatic carbocycles. The number of phenolic OH excluding ortho intramolecular Hbond substituents is 3. The number of fused-ring (bicyclic) bond motifs is 1. The summed E-state index contributed by atoms with van der Waals surface area (Å²) in [6.45, 7) is -0.597. The second-order valence-corrected chi connectivity index (χ2v) is 15.0. The number of ether oxygens (including phenoxy) is 2. The van der Waals surface area contributed by atoms with E-state index in [4.69, 9.17) is 9.47 Å². The summed E-state index contributed by atoms with van der Waals surface area (Å²) >= 11 is 0. The van der Waals surface area contributed by atoms with E-state index in [2.05, 4.69) is 9.98 Å². The number of anilines is 1. The lowest BCUT2D eigenvalue weighted by Gasteiger charge is -2.44. The number of para-hydroxylation sites is 1. The van der Waals surface area contributed by atoms with Crippen molar-refractivity contribution in [2.45, 2.75) is 92.7 Å². The molecule has 0 bridgehead atoms. The Morgan fingerprint density at radius 3 is 2.39 bits per heavy atom. The van der Waals surface area contributed by atoms with Crippen LogP contribution in [0.3, 0.4) is 0 Å². The SMILES string of the molecule is O=C(O)[C@H]1[C@H](CC2(c3ccccc3O)CCCCC2)c2cc(O)c(O[C@]3(O)O[C@H](CO)[C@@H](O)[C@H](O)[C@H]3O)cc2N1C(=O)/C=C/c1ccc(O)c(CC2=NCN=C2)c1. The Hall–Kier alpha value is -5.36. The van der Waals surface area contributed by atoms with Crippen molar-refractivity contribution in [3.8, 4) is 23.0 Å². The number of amides is 1. The van der Waals surface area contributed by atoms with Crippen LogP contribution in [0.1, 0.15) is 66.7 Å². The van der Waals surface area contributed by atoms with Crippen molar-refractivity contribution in [1.29, 1.82) is 0 Å². The molecule has 0 aromatic heterocycles. The van der Waals surface area contributed by atoms with E-state index in [1.807, 2.05) is 6.07 Å². The van der Waals surface area contributed by atoms with E-state index in [1.165, 1.54) is 24.3 Å². The average molecular weight is 788 g/mol. The fourth-order valence-corrected chi connectivity index (χ4v) is 8.66. The van der Waals surface area contributed by atoms with Gasteiger partial charge in [0.05, 0.1) is 18.0 Å². The van der Waals surface area contributed by atoms with Gasteiger partial charge in [0.2, 0.25) is 0 Å². The predicted molar refractivity (Wildman–Crippen MR) is 204 cm³/mol. The predicted octanol–water partition coefficient (Wildman–Crippen LogP) is 2.22. The maximum atomic E-state index is 14.4. The number of rotatable bonds is 11. The molecule has 0 spiro atoms. The summed E-state index contributed by atoms with van der Waals surface area (Å²) in [4.78, 5) is 37.1. The van der Waals surface area contributed by atoms with Gasteiger partial charge in [0.1, 0.15) is 42.5 Å². The van der Waals surface area contributed by atoms with Crippen molar-refractivity contribution in [2.24, 2.45) is 9.98 Å². The molecule has 57 heavy (non-hydrogen) atoms. The molecule has 302 valence electrons. The quantitative estimate of drug-likeness (QED) is 0.0999. The maximum Gasteiger partial charge on any atom is 0.355 e. The number of hydrogen-bond donors (Lipinski definition) is 9. The third-order valence-corrected chi connectivity index (χ3v) is 11.5. The van der Waals surface area contributed by atoms with Gasteiger partial charge < -0.3 is 55.4 Å². The van der Waals surface area contributed by atoms with E-state index in [-0.39, 0.29) is 35.6 Å². The number of carboxylic acids is 1. The molecule has 7 atom stereocenters. The molecule has 16 heteroatoms. The fraction of sp³-hybridized carbons (Fsp3) is 0.415. The third-order valence-electron chi connectivity index (χ3n) is 11.5. The molecule has 1 saturated carbocycles. The molecule has 7 rings (SSSR count). The summed E-state index contributed by atoms with van der Waals surface area (Å²) in [6, 6.07) is 12.4. The minimum Gasteiger partial charge on any atom is -0.508 e. The number of nitrogens with zero attached hydrogens (tertiary/aromatic N) is 3. The lowest BCUT2D eigenvalue weighted by atomic mass is 9.63. The second-order valence-electron chi connectivity index (χ2n) is 15.0. The number of benzene rings is 3. The number of hydrogen-bond acceptors (Lipinski definition) is 14. The van der Waals surface area contributed by atoms with Crippen LogP contribution >= 0.6 is 0 Å². The highest BCUT2D eigenvalue weighted by Gasteiger charge is 2.56. The van der Waals surface area contributed by atoms with Crippen molar-refractivity contribution >= 4 is 35.6 Å². The van der Waals surface area contributed by atoms with Crippen LogP contribution in [0.15, 0.2) is 70.7 Å². The number of aliphatic hydroxyl groups excluding tert-OH is 4. The number of carbonyl (C=O) groups excluding carboxylic acids is 1. The van der Waals surface area contributed by atoms with Crippen molar-refractivity contribution in [1.82, 2.24) is 0 Å². The monoisotopic (exact) mass is 787 g/mol. The van der Waals surface area contributed by atoms with Gasteiger partial charge in [0, 0.05) is 41.8 Å². The Bertz CT molecular complexity index is 2110. The molecule has 3 aromatic carbocycles. The number of carboxylic acid groups (broad SMARTS) is 1. The lowest BCUT2D eigenvalue weighted by molar-refractivity contribution is -0.422. The van der Waals surface area contributed by atoms with Crippen LogP contribution in [0, 0.1) is 0 Å². The standard InChI is InChI=1S/C41H45N3O13/c45-20-33-36(50)37(51)38(52)41(55,57-33)56-32-17-28-25(16-31(32)48)26(18-40(12-4-1-5-13-40)27-6-2-3-7-30(27)47)35(39(53)54)44(28)34(49)11-9-22-8-10-29(46)23(14-22)15-24-19-42-21-43-24/h2-3,6-11,14,16-17,19,26,33,35-38,45-48,50-52,55H,1,4-5,12-13,15,18,20-21H2,(H,53,54)/b11-9+/t26-,33-,35-,36-,37+,38-,41+/m1/s1. The molecule has 3 aliphatic heterocycles. The summed E-state index contributed by atoms with van der Waals surface area (Å²) in [5, 5.41) is 96.1. The first-order valence-corrected chi connectivity index (χ1v) is 18.7. The number of phenols is 3. The van der Waals surface area contributed by atoms with Gasteiger partial charge >= 0.3 is 11.9 Å². The highest BCUT2D eigenvalue weighted by Crippen LogP contribution is 2.55. The van der Waals surface area contributed by atoms with Gasteiger partial charge in [-0.2, -0.15) is 0 Å². The third kappa shape index (κ3) is 7.59. The van der Waals surface area contributed by atoms with Gasteiger partial charge in [-0.1, -0.05) is 43.5 Å². The number of aromatic hydroxyl groups is 3. The molecule has 9 N–H and O–H groups in total. The smallest absolute Gasteiger partial charge is 0.355 e. The molecule has 1 saturated heterocycles. The molecular weight excluding hydrogens is 742 g/mol. The van der Waals surface area contributed by atoms with Crippen LogP contribution in [-0.2, 0) is 26.2 Å². The van der Waals surface area contributed by atoms with Crippen molar-refractivity contribution in [3.63, 3.8) is 0 Å². The van der Waals surface area contributed by atoms with E-state index >= 15 is 0 Å². The maximum absolute atomic E-state index is 14.4. The van der Waals surface area contributed by atoms with Crippen molar-refractivity contribution in [2.75, 3.05) is 18.2 Å². The van der Waals surface area contributed by atoms with E-state index in [1.54, 1.807) is 36.5 Å². The Kier molecular flexibility index (Phi) is 11.1. The molecule has 2 fully saturated rings. The number of aliphatic imine (C=N–C) groups is 2. The summed E-state index contributed by atoms with van der Waals surface area (Å²) in [5.74, 6) is -7.38. The summed E-state index contributed by atoms with van der Waals surface area (Å²) in [5.41, 5.74) is 1.87. The zero-order chi connectivity index (χ0) is 40.6. The van der Waals surface area contributed by atoms with Crippen molar-refractivity contribution < 1.29 is 65.0 Å². The van der Waals surface area contributed by atoms with Crippen LogP contribution in [-0.4, -0.2) is 119 Å². The van der Waals surface area contributed by atoms with Crippen molar-refractivity contribution in [3.05, 3.63) is 82.9 Å². The molecule has 3 heterocycles. The Balaban J connectivity index is 1.30. The number of aliphatic hydroxyl groups is 5. The first-order valence-electron chi connectivity index (χ1n) is 18.7. The molecule has 4 aliphatic rings. The fourth-order valence-electron chi connectivity index (χ4n) is 8.66. The van der Waals surface area contributed by atoms with Gasteiger partial charge in [-0.05, 0) is 66.1 Å². The van der Waals surface area contributed by atoms with E-state index in [9.17, 15) is 55.5 Å². The Labute approximate surface area is 326 Å². The molecule has 1 amide bonds. The zero-order valence-corrected chi connectivity index (χ0v) is 30.8. The normalized spacial score (nSPS) is 28.0. The Morgan fingerprint density at radius 1 is 0.947 bits per heavy atom. The first kappa shape index (κ1) is 39.9. The van der Waals surface area contributed by atoms with Gasteiger partial charge in [-0.15, -0.1) is 0 Å². The number of carbonyl (C=O) groups is 2. The van der Waals surface area contributed by atoms with Crippen LogP contribution in [0.2, 0.25) is 0 Å². The minimum atomic E-state index is -3.12. The highest BCUT2D eigenvalue weighted by molar-refractivity contribution is 6.32. The highest BCUT2D eigenvalue weighted by atomic mass is 16.8. The Morgan fingerprint density at radius 2 is 1.70 bits per heavy atom. The lowest BCUT2D eigenvalue weighted by Crippen LogP contribution is -2.67. The van der Waals surface area contributed by atoms with E-state index in [0.717, 1.165) is 30.2 Å². The topological polar surface area (TPSA) is 263 Å². The van der Waals surface area contributed by atoms with Crippen LogP contribution in [0.5, 0.6) is 23.0 Å². The zero-order valence-electron chi connectivity index (χ0n) is 30.8. The molecule has 0 unspecified atom stereocenters. The minimum absolute atomic E-state index is 0.0122. The van der Waals surface area contributed by atoms with Gasteiger partial charge in [0.25, 0.3) is 5.91 Å². The molecular formula is C41H45N3O13. The first-order chi connectivity index (χ1) is 27.2. The van der Waals surface area contributed by atoms with Gasteiger partial charge in [-0.25, -0.2) is 4.79 Å². The largest absolute Gasteiger partial charge is 0.508 e. The summed E-state index contributed by atoms with van der Waals surface area (Å²) in [7, 11) is 0. The van der Waals surface area contributed by atoms with E-state index < -0.39 is 77.7 Å². The number of aliphatic carboxylic acids is 1.